The molecule has 5 nitrogen and oxygen atoms in total. The number of carbonyl (C=O) groups excluding carboxylic acids is 2. The van der Waals surface area contributed by atoms with Gasteiger partial charge < -0.3 is 10.1 Å². The molecule has 1 heterocycles. The molecule has 0 radical (unpaired) electrons. The van der Waals surface area contributed by atoms with Crippen molar-refractivity contribution in [3.63, 3.8) is 0 Å². The summed E-state index contributed by atoms with van der Waals surface area (Å²) in [5.74, 6) is 1.02. The average Bonchev–Trinajstić information content (AvgIpc) is 3.16. The maximum Gasteiger partial charge on any atom is 0.255 e. The first-order chi connectivity index (χ1) is 15.1. The topological polar surface area (TPSA) is 58.6 Å². The van der Waals surface area contributed by atoms with Gasteiger partial charge in [0.25, 0.3) is 5.91 Å². The van der Waals surface area contributed by atoms with Crippen molar-refractivity contribution in [2.75, 3.05) is 22.6 Å². The van der Waals surface area contributed by atoms with Gasteiger partial charge in [-0.1, -0.05) is 42.0 Å². The van der Waals surface area contributed by atoms with E-state index in [1.54, 1.807) is 16.7 Å². The smallest absolute Gasteiger partial charge is 0.255 e. The van der Waals surface area contributed by atoms with Crippen LogP contribution >= 0.6 is 11.8 Å². The van der Waals surface area contributed by atoms with Crippen LogP contribution < -0.4 is 15.0 Å². The molecule has 1 atom stereocenters. The number of aryl methyl sites for hydroxylation is 1. The second kappa shape index (κ2) is 9.27. The zero-order valence-corrected chi connectivity index (χ0v) is 18.3. The fourth-order valence-electron chi connectivity index (χ4n) is 3.50. The van der Waals surface area contributed by atoms with Gasteiger partial charge in [0.2, 0.25) is 5.91 Å². The molecule has 0 aromatic heterocycles. The second-order valence-electron chi connectivity index (χ2n) is 7.27. The van der Waals surface area contributed by atoms with E-state index < -0.39 is 0 Å². The Morgan fingerprint density at radius 2 is 1.77 bits per heavy atom. The summed E-state index contributed by atoms with van der Waals surface area (Å²) in [6.45, 7) is 4.45. The number of nitrogens with zero attached hydrogens (tertiary/aromatic N) is 1. The lowest BCUT2D eigenvalue weighted by Gasteiger charge is -2.26. The Balaban J connectivity index is 1.53. The standard InChI is InChI=1S/C25H24N2O3S/c1-3-30-22-7-5-4-6-21(22)27-23(28)16-31-25(27)19-12-14-20(15-13-19)26-24(29)18-10-8-17(2)9-11-18/h4-15,25H,3,16H2,1-2H3,(H,26,29). The van der Waals surface area contributed by atoms with Crippen LogP contribution in [0, 0.1) is 6.92 Å². The Labute approximate surface area is 186 Å². The molecule has 6 heteroatoms. The number of amides is 2. The first-order valence-electron chi connectivity index (χ1n) is 10.2. The van der Waals surface area contributed by atoms with Crippen LogP contribution in [0.3, 0.4) is 0 Å². The molecule has 2 amide bonds. The van der Waals surface area contributed by atoms with Crippen LogP contribution in [-0.2, 0) is 4.79 Å². The van der Waals surface area contributed by atoms with Crippen molar-refractivity contribution < 1.29 is 14.3 Å². The van der Waals surface area contributed by atoms with Crippen molar-refractivity contribution in [2.45, 2.75) is 19.2 Å². The van der Waals surface area contributed by atoms with Crippen molar-refractivity contribution in [1.29, 1.82) is 0 Å². The number of benzene rings is 3. The zero-order valence-electron chi connectivity index (χ0n) is 17.5. The van der Waals surface area contributed by atoms with Crippen molar-refractivity contribution in [2.24, 2.45) is 0 Å². The van der Waals surface area contributed by atoms with Crippen molar-refractivity contribution in [3.8, 4) is 5.75 Å². The van der Waals surface area contributed by atoms with E-state index >= 15 is 0 Å². The van der Waals surface area contributed by atoms with E-state index in [1.807, 2.05) is 86.6 Å². The normalized spacial score (nSPS) is 15.7. The van der Waals surface area contributed by atoms with Gasteiger partial charge in [-0.15, -0.1) is 11.8 Å². The lowest BCUT2D eigenvalue weighted by molar-refractivity contribution is -0.115. The first-order valence-corrected chi connectivity index (χ1v) is 11.2. The van der Waals surface area contributed by atoms with E-state index in [-0.39, 0.29) is 17.2 Å². The summed E-state index contributed by atoms with van der Waals surface area (Å²) in [7, 11) is 0. The third kappa shape index (κ3) is 4.59. The summed E-state index contributed by atoms with van der Waals surface area (Å²) in [6, 6.07) is 22.7. The summed E-state index contributed by atoms with van der Waals surface area (Å²) in [4.78, 5) is 27.0. The van der Waals surface area contributed by atoms with Gasteiger partial charge >= 0.3 is 0 Å². The molecule has 158 valence electrons. The molecule has 0 bridgehead atoms. The zero-order chi connectivity index (χ0) is 21.8. The van der Waals surface area contributed by atoms with Crippen LogP contribution in [0.2, 0.25) is 0 Å². The van der Waals surface area contributed by atoms with Gasteiger partial charge in [-0.25, -0.2) is 0 Å². The fraction of sp³-hybridized carbons (Fsp3) is 0.200. The van der Waals surface area contributed by atoms with Gasteiger partial charge in [0, 0.05) is 11.3 Å². The highest BCUT2D eigenvalue weighted by molar-refractivity contribution is 8.00. The molecule has 1 fully saturated rings. The lowest BCUT2D eigenvalue weighted by Crippen LogP contribution is -2.28. The maximum atomic E-state index is 12.7. The molecule has 0 saturated carbocycles. The molecule has 1 aliphatic rings. The highest BCUT2D eigenvalue weighted by atomic mass is 32.2. The fourth-order valence-corrected chi connectivity index (χ4v) is 4.67. The van der Waals surface area contributed by atoms with E-state index in [0.29, 0.717) is 29.4 Å². The molecule has 1 saturated heterocycles. The number of hydrogen-bond acceptors (Lipinski definition) is 4. The highest BCUT2D eigenvalue weighted by Gasteiger charge is 2.35. The van der Waals surface area contributed by atoms with Crippen molar-refractivity contribution in [3.05, 3.63) is 89.5 Å². The summed E-state index contributed by atoms with van der Waals surface area (Å²) >= 11 is 1.58. The summed E-state index contributed by atoms with van der Waals surface area (Å²) in [6.07, 6.45) is 0. The quantitative estimate of drug-likeness (QED) is 0.565. The molecular formula is C25H24N2O3S. The van der Waals surface area contributed by atoms with E-state index in [2.05, 4.69) is 5.32 Å². The maximum absolute atomic E-state index is 12.7. The Hall–Kier alpha value is -3.25. The SMILES string of the molecule is CCOc1ccccc1N1C(=O)CSC1c1ccc(NC(=O)c2ccc(C)cc2)cc1. The van der Waals surface area contributed by atoms with Gasteiger partial charge in [-0.2, -0.15) is 0 Å². The average molecular weight is 433 g/mol. The van der Waals surface area contributed by atoms with Crippen LogP contribution in [0.25, 0.3) is 0 Å². The summed E-state index contributed by atoms with van der Waals surface area (Å²) in [5.41, 5.74) is 4.21. The van der Waals surface area contributed by atoms with Gasteiger partial charge in [0.15, 0.2) is 0 Å². The number of para-hydroxylation sites is 2. The molecule has 1 aliphatic heterocycles. The minimum atomic E-state index is -0.148. The highest BCUT2D eigenvalue weighted by Crippen LogP contribution is 2.44. The number of hydrogen-bond donors (Lipinski definition) is 1. The van der Waals surface area contributed by atoms with Crippen LogP contribution in [0.5, 0.6) is 5.75 Å². The number of nitrogens with one attached hydrogen (secondary N) is 1. The number of ether oxygens (including phenoxy) is 1. The third-order valence-corrected chi connectivity index (χ3v) is 6.27. The van der Waals surface area contributed by atoms with E-state index in [1.165, 1.54) is 0 Å². The molecule has 3 aromatic rings. The molecule has 0 aliphatic carbocycles. The van der Waals surface area contributed by atoms with Crippen LogP contribution in [0.4, 0.5) is 11.4 Å². The Bertz CT molecular complexity index is 1080. The van der Waals surface area contributed by atoms with Gasteiger partial charge in [-0.05, 0) is 55.8 Å². The predicted molar refractivity (Wildman–Crippen MR) is 126 cm³/mol. The number of rotatable bonds is 6. The Morgan fingerprint density at radius 1 is 1.06 bits per heavy atom. The third-order valence-electron chi connectivity index (χ3n) is 5.06. The van der Waals surface area contributed by atoms with Crippen LogP contribution in [0.1, 0.15) is 33.8 Å². The number of thioether (sulfide) groups is 1. The summed E-state index contributed by atoms with van der Waals surface area (Å²) in [5, 5.41) is 2.78. The van der Waals surface area contributed by atoms with Gasteiger partial charge in [0.05, 0.1) is 18.0 Å². The summed E-state index contributed by atoms with van der Waals surface area (Å²) < 4.78 is 5.74. The molecule has 1 unspecified atom stereocenters. The molecule has 0 spiro atoms. The van der Waals surface area contributed by atoms with E-state index in [0.717, 1.165) is 16.8 Å². The monoisotopic (exact) mass is 432 g/mol. The molecular weight excluding hydrogens is 408 g/mol. The Kier molecular flexibility index (Phi) is 6.28. The van der Waals surface area contributed by atoms with Gasteiger partial charge in [0.1, 0.15) is 11.1 Å². The molecule has 1 N–H and O–H groups in total. The molecule has 3 aromatic carbocycles. The molecule has 4 rings (SSSR count). The first kappa shape index (κ1) is 21.0. The lowest BCUT2D eigenvalue weighted by atomic mass is 10.1. The number of anilines is 2. The largest absolute Gasteiger partial charge is 0.492 e. The van der Waals surface area contributed by atoms with Gasteiger partial charge in [-0.3, -0.25) is 14.5 Å². The van der Waals surface area contributed by atoms with Crippen LogP contribution in [-0.4, -0.2) is 24.2 Å². The number of carbonyl (C=O) groups is 2. The minimum absolute atomic E-state index is 0.0545. The minimum Gasteiger partial charge on any atom is -0.492 e. The molecule has 31 heavy (non-hydrogen) atoms. The Morgan fingerprint density at radius 3 is 2.48 bits per heavy atom. The van der Waals surface area contributed by atoms with E-state index in [4.69, 9.17) is 4.74 Å². The van der Waals surface area contributed by atoms with E-state index in [9.17, 15) is 9.59 Å². The second-order valence-corrected chi connectivity index (χ2v) is 8.34. The van der Waals surface area contributed by atoms with Crippen molar-refractivity contribution in [1.82, 2.24) is 0 Å². The van der Waals surface area contributed by atoms with Crippen molar-refractivity contribution >= 4 is 35.0 Å². The predicted octanol–water partition coefficient (Wildman–Crippen LogP) is 5.42. The van der Waals surface area contributed by atoms with Crippen LogP contribution in [0.15, 0.2) is 72.8 Å².